The van der Waals surface area contributed by atoms with Gasteiger partial charge in [-0.1, -0.05) is 0 Å². The smallest absolute Gasteiger partial charge is 0.119 e. The largest absolute Gasteiger partial charge is 0.494 e. The summed E-state index contributed by atoms with van der Waals surface area (Å²) < 4.78 is 11.1. The molecule has 1 aliphatic heterocycles. The molecule has 1 heterocycles. The van der Waals surface area contributed by atoms with Gasteiger partial charge < -0.3 is 9.47 Å². The van der Waals surface area contributed by atoms with Crippen LogP contribution in [-0.2, 0) is 4.74 Å². The van der Waals surface area contributed by atoms with E-state index in [2.05, 4.69) is 17.9 Å². The molecule has 1 saturated heterocycles. The van der Waals surface area contributed by atoms with Crippen molar-refractivity contribution in [2.75, 3.05) is 32.9 Å². The zero-order valence-corrected chi connectivity index (χ0v) is 11.3. The molecule has 1 aromatic rings. The lowest BCUT2D eigenvalue weighted by molar-refractivity contribution is -0.00200. The van der Waals surface area contributed by atoms with E-state index in [1.165, 1.54) is 0 Å². The standard InChI is InChI=1S/C15H20N2O2/c1-13-12-18-10-8-17(13)7-2-9-19-15-5-3-14(11-16)4-6-15/h3-6,13H,2,7-10,12H2,1H3. The van der Waals surface area contributed by atoms with Crippen molar-refractivity contribution in [2.24, 2.45) is 0 Å². The lowest BCUT2D eigenvalue weighted by atomic mass is 10.2. The van der Waals surface area contributed by atoms with E-state index in [1.54, 1.807) is 12.1 Å². The molecule has 19 heavy (non-hydrogen) atoms. The lowest BCUT2D eigenvalue weighted by Crippen LogP contribution is -2.44. The Hall–Kier alpha value is -1.57. The molecule has 1 aliphatic rings. The van der Waals surface area contributed by atoms with Crippen LogP contribution in [-0.4, -0.2) is 43.9 Å². The van der Waals surface area contributed by atoms with Crippen molar-refractivity contribution in [2.45, 2.75) is 19.4 Å². The third kappa shape index (κ3) is 4.23. The number of nitriles is 1. The van der Waals surface area contributed by atoms with Crippen LogP contribution in [0.1, 0.15) is 18.9 Å². The predicted octanol–water partition coefficient (Wildman–Crippen LogP) is 2.05. The van der Waals surface area contributed by atoms with Gasteiger partial charge in [-0.05, 0) is 37.6 Å². The predicted molar refractivity (Wildman–Crippen MR) is 73.1 cm³/mol. The molecule has 4 heteroatoms. The maximum absolute atomic E-state index is 8.71. The Morgan fingerprint density at radius 2 is 2.21 bits per heavy atom. The normalized spacial score (nSPS) is 19.9. The first kappa shape index (κ1) is 13.9. The molecule has 0 amide bonds. The van der Waals surface area contributed by atoms with Crippen LogP contribution < -0.4 is 4.74 Å². The van der Waals surface area contributed by atoms with Gasteiger partial charge >= 0.3 is 0 Å². The summed E-state index contributed by atoms with van der Waals surface area (Å²) >= 11 is 0. The van der Waals surface area contributed by atoms with E-state index in [1.807, 2.05) is 12.1 Å². The Morgan fingerprint density at radius 3 is 2.89 bits per heavy atom. The number of hydrogen-bond acceptors (Lipinski definition) is 4. The number of morpholine rings is 1. The Kier molecular flexibility index (Phi) is 5.20. The van der Waals surface area contributed by atoms with Gasteiger partial charge in [0.2, 0.25) is 0 Å². The molecule has 4 nitrogen and oxygen atoms in total. The highest BCUT2D eigenvalue weighted by Crippen LogP contribution is 2.12. The molecule has 1 fully saturated rings. The Labute approximate surface area is 114 Å². The van der Waals surface area contributed by atoms with Gasteiger partial charge in [0.1, 0.15) is 5.75 Å². The maximum Gasteiger partial charge on any atom is 0.119 e. The summed E-state index contributed by atoms with van der Waals surface area (Å²) in [6.45, 7) is 6.62. The molecule has 1 atom stereocenters. The SMILES string of the molecule is CC1COCCN1CCCOc1ccc(C#N)cc1. The summed E-state index contributed by atoms with van der Waals surface area (Å²) in [5.41, 5.74) is 0.662. The zero-order valence-electron chi connectivity index (χ0n) is 11.3. The molecule has 102 valence electrons. The molecule has 0 bridgehead atoms. The van der Waals surface area contributed by atoms with Crippen LogP contribution >= 0.6 is 0 Å². The van der Waals surface area contributed by atoms with Gasteiger partial charge in [0.05, 0.1) is 31.5 Å². The molecule has 0 aliphatic carbocycles. The number of rotatable bonds is 5. The van der Waals surface area contributed by atoms with Crippen LogP contribution in [0.25, 0.3) is 0 Å². The van der Waals surface area contributed by atoms with E-state index in [9.17, 15) is 0 Å². The summed E-state index contributed by atoms with van der Waals surface area (Å²) in [7, 11) is 0. The van der Waals surface area contributed by atoms with Gasteiger partial charge in [0.25, 0.3) is 0 Å². The first-order valence-corrected chi connectivity index (χ1v) is 6.74. The van der Waals surface area contributed by atoms with Crippen molar-refractivity contribution in [1.82, 2.24) is 4.90 Å². The highest BCUT2D eigenvalue weighted by atomic mass is 16.5. The second kappa shape index (κ2) is 7.13. The minimum Gasteiger partial charge on any atom is -0.494 e. The van der Waals surface area contributed by atoms with Crippen LogP contribution in [0, 0.1) is 11.3 Å². The molecular weight excluding hydrogens is 240 g/mol. The fraction of sp³-hybridized carbons (Fsp3) is 0.533. The van der Waals surface area contributed by atoms with Gasteiger partial charge in [0.15, 0.2) is 0 Å². The van der Waals surface area contributed by atoms with Gasteiger partial charge in [-0.3, -0.25) is 4.90 Å². The highest BCUT2D eigenvalue weighted by Gasteiger charge is 2.17. The first-order valence-electron chi connectivity index (χ1n) is 6.74. The summed E-state index contributed by atoms with van der Waals surface area (Å²) in [5, 5.41) is 8.71. The van der Waals surface area contributed by atoms with Crippen molar-refractivity contribution in [3.05, 3.63) is 29.8 Å². The Bertz CT molecular complexity index is 425. The molecule has 1 unspecified atom stereocenters. The van der Waals surface area contributed by atoms with Crippen LogP contribution in [0.2, 0.25) is 0 Å². The maximum atomic E-state index is 8.71. The van der Waals surface area contributed by atoms with E-state index in [4.69, 9.17) is 14.7 Å². The minimum absolute atomic E-state index is 0.503. The number of benzene rings is 1. The lowest BCUT2D eigenvalue weighted by Gasteiger charge is -2.33. The molecule has 1 aromatic carbocycles. The molecule has 0 saturated carbocycles. The fourth-order valence-corrected chi connectivity index (χ4v) is 2.18. The number of ether oxygens (including phenoxy) is 2. The van der Waals surface area contributed by atoms with Crippen LogP contribution in [0.5, 0.6) is 5.75 Å². The van der Waals surface area contributed by atoms with Crippen LogP contribution in [0.4, 0.5) is 0 Å². The third-order valence-electron chi connectivity index (χ3n) is 3.35. The quantitative estimate of drug-likeness (QED) is 0.760. The Balaban J connectivity index is 1.67. The van der Waals surface area contributed by atoms with Crippen molar-refractivity contribution in [3.63, 3.8) is 0 Å². The molecule has 0 aromatic heterocycles. The second-order valence-corrected chi connectivity index (χ2v) is 4.80. The fourth-order valence-electron chi connectivity index (χ4n) is 2.18. The second-order valence-electron chi connectivity index (χ2n) is 4.80. The Morgan fingerprint density at radius 1 is 1.42 bits per heavy atom. The van der Waals surface area contributed by atoms with Crippen molar-refractivity contribution in [3.8, 4) is 11.8 Å². The molecule has 0 radical (unpaired) electrons. The average molecular weight is 260 g/mol. The van der Waals surface area contributed by atoms with Gasteiger partial charge in [-0.15, -0.1) is 0 Å². The van der Waals surface area contributed by atoms with E-state index in [0.29, 0.717) is 18.2 Å². The van der Waals surface area contributed by atoms with Crippen molar-refractivity contribution >= 4 is 0 Å². The summed E-state index contributed by atoms with van der Waals surface area (Å²) in [6, 6.07) is 9.84. The number of hydrogen-bond donors (Lipinski definition) is 0. The third-order valence-corrected chi connectivity index (χ3v) is 3.35. The highest BCUT2D eigenvalue weighted by molar-refractivity contribution is 5.34. The monoisotopic (exact) mass is 260 g/mol. The van der Waals surface area contributed by atoms with E-state index >= 15 is 0 Å². The van der Waals surface area contributed by atoms with E-state index in [0.717, 1.165) is 38.5 Å². The molecule has 0 N–H and O–H groups in total. The topological polar surface area (TPSA) is 45.5 Å². The molecular formula is C15H20N2O2. The first-order chi connectivity index (χ1) is 9.29. The number of nitrogens with zero attached hydrogens (tertiary/aromatic N) is 2. The summed E-state index contributed by atoms with van der Waals surface area (Å²) in [4.78, 5) is 2.44. The molecule has 0 spiro atoms. The van der Waals surface area contributed by atoms with E-state index in [-0.39, 0.29) is 0 Å². The van der Waals surface area contributed by atoms with E-state index < -0.39 is 0 Å². The average Bonchev–Trinajstić information content (AvgIpc) is 2.46. The minimum atomic E-state index is 0.503. The van der Waals surface area contributed by atoms with Crippen LogP contribution in [0.15, 0.2) is 24.3 Å². The van der Waals surface area contributed by atoms with Crippen molar-refractivity contribution in [1.29, 1.82) is 5.26 Å². The van der Waals surface area contributed by atoms with Gasteiger partial charge in [0, 0.05) is 19.1 Å². The zero-order chi connectivity index (χ0) is 13.5. The van der Waals surface area contributed by atoms with Gasteiger partial charge in [-0.2, -0.15) is 5.26 Å². The molecule has 2 rings (SSSR count). The summed E-state index contributed by atoms with van der Waals surface area (Å²) in [5.74, 6) is 0.828. The van der Waals surface area contributed by atoms with Crippen molar-refractivity contribution < 1.29 is 9.47 Å². The van der Waals surface area contributed by atoms with Crippen LogP contribution in [0.3, 0.4) is 0 Å². The van der Waals surface area contributed by atoms with Gasteiger partial charge in [-0.25, -0.2) is 0 Å². The summed E-state index contributed by atoms with van der Waals surface area (Å²) in [6.07, 6.45) is 1.00.